The Bertz CT molecular complexity index is 444. The zero-order valence-corrected chi connectivity index (χ0v) is 11.0. The number of benzene rings is 1. The minimum atomic E-state index is -1.18. The van der Waals surface area contributed by atoms with Crippen LogP contribution < -0.4 is 5.32 Å². The third kappa shape index (κ3) is 4.18. The molecule has 1 amide bonds. The van der Waals surface area contributed by atoms with Gasteiger partial charge in [-0.2, -0.15) is 0 Å². The summed E-state index contributed by atoms with van der Waals surface area (Å²) in [5, 5.41) is 11.8. The van der Waals surface area contributed by atoms with Gasteiger partial charge in [-0.3, -0.25) is 4.79 Å². The Kier molecular flexibility index (Phi) is 5.40. The maximum atomic E-state index is 11.8. The molecule has 0 saturated heterocycles. The van der Waals surface area contributed by atoms with Crippen molar-refractivity contribution in [1.29, 1.82) is 0 Å². The maximum Gasteiger partial charge on any atom is 0.328 e. The van der Waals surface area contributed by atoms with Crippen LogP contribution in [0.4, 0.5) is 0 Å². The van der Waals surface area contributed by atoms with E-state index < -0.39 is 17.9 Å². The highest BCUT2D eigenvalue weighted by Gasteiger charge is 2.20. The zero-order valence-electron chi connectivity index (χ0n) is 9.44. The van der Waals surface area contributed by atoms with E-state index in [-0.39, 0.29) is 12.2 Å². The van der Waals surface area contributed by atoms with Crippen molar-refractivity contribution < 1.29 is 19.4 Å². The van der Waals surface area contributed by atoms with E-state index in [4.69, 9.17) is 33.0 Å². The normalized spacial score (nSPS) is 11.9. The number of carboxylic acids is 1. The number of amides is 1. The molecule has 0 aliphatic rings. The highest BCUT2D eigenvalue weighted by molar-refractivity contribution is 6.35. The van der Waals surface area contributed by atoms with Crippen molar-refractivity contribution in [3.8, 4) is 0 Å². The van der Waals surface area contributed by atoms with Crippen molar-refractivity contribution in [2.75, 3.05) is 13.7 Å². The summed E-state index contributed by atoms with van der Waals surface area (Å²) in [6.07, 6.45) is 0. The third-order valence-corrected chi connectivity index (χ3v) is 2.50. The molecule has 1 atom stereocenters. The van der Waals surface area contributed by atoms with E-state index in [0.29, 0.717) is 10.0 Å². The first-order valence-corrected chi connectivity index (χ1v) is 5.68. The standard InChI is InChI=1S/C11H11Cl2NO4/c1-18-5-9(11(16)17)14-10(15)6-2-7(12)4-8(13)3-6/h2-4,9H,5H2,1H3,(H,14,15)(H,16,17). The van der Waals surface area contributed by atoms with Crippen LogP contribution in [0.5, 0.6) is 0 Å². The molecule has 18 heavy (non-hydrogen) atoms. The highest BCUT2D eigenvalue weighted by Crippen LogP contribution is 2.19. The number of methoxy groups -OCH3 is 1. The van der Waals surface area contributed by atoms with Crippen molar-refractivity contribution in [1.82, 2.24) is 5.32 Å². The molecule has 2 N–H and O–H groups in total. The van der Waals surface area contributed by atoms with Crippen LogP contribution in [0.1, 0.15) is 10.4 Å². The monoisotopic (exact) mass is 291 g/mol. The van der Waals surface area contributed by atoms with Gasteiger partial charge in [0.05, 0.1) is 6.61 Å². The predicted molar refractivity (Wildman–Crippen MR) is 67.2 cm³/mol. The summed E-state index contributed by atoms with van der Waals surface area (Å²) in [7, 11) is 1.35. The number of carboxylic acid groups (broad SMARTS) is 1. The second-order valence-electron chi connectivity index (χ2n) is 3.48. The van der Waals surface area contributed by atoms with Crippen molar-refractivity contribution in [2.45, 2.75) is 6.04 Å². The summed E-state index contributed by atoms with van der Waals surface area (Å²) in [4.78, 5) is 22.6. The van der Waals surface area contributed by atoms with Crippen LogP contribution in [0.15, 0.2) is 18.2 Å². The van der Waals surface area contributed by atoms with Crippen LogP contribution in [-0.4, -0.2) is 36.7 Å². The van der Waals surface area contributed by atoms with Gasteiger partial charge in [0.15, 0.2) is 6.04 Å². The SMILES string of the molecule is COCC(NC(=O)c1cc(Cl)cc(Cl)c1)C(=O)O. The van der Waals surface area contributed by atoms with E-state index in [0.717, 1.165) is 0 Å². The Balaban J connectivity index is 2.83. The number of hydrogen-bond acceptors (Lipinski definition) is 3. The van der Waals surface area contributed by atoms with Crippen LogP contribution in [0.25, 0.3) is 0 Å². The number of carbonyl (C=O) groups excluding carboxylic acids is 1. The first-order chi connectivity index (χ1) is 8.43. The van der Waals surface area contributed by atoms with Gasteiger partial charge < -0.3 is 15.2 Å². The molecule has 0 aliphatic heterocycles. The van der Waals surface area contributed by atoms with Gasteiger partial charge in [0.2, 0.25) is 0 Å². The summed E-state index contributed by atoms with van der Waals surface area (Å²) in [6.45, 7) is -0.130. The summed E-state index contributed by atoms with van der Waals surface area (Å²) < 4.78 is 4.70. The molecule has 1 aromatic carbocycles. The van der Waals surface area contributed by atoms with Gasteiger partial charge in [-0.25, -0.2) is 4.79 Å². The lowest BCUT2D eigenvalue weighted by atomic mass is 10.2. The van der Waals surface area contributed by atoms with Crippen molar-refractivity contribution in [3.05, 3.63) is 33.8 Å². The second kappa shape index (κ2) is 6.58. The Labute approximate surface area is 114 Å². The van der Waals surface area contributed by atoms with Gasteiger partial charge in [0, 0.05) is 22.7 Å². The largest absolute Gasteiger partial charge is 0.480 e. The number of ether oxygens (including phenoxy) is 1. The fraction of sp³-hybridized carbons (Fsp3) is 0.273. The quantitative estimate of drug-likeness (QED) is 0.868. The second-order valence-corrected chi connectivity index (χ2v) is 4.35. The molecule has 7 heteroatoms. The molecule has 0 fully saturated rings. The maximum absolute atomic E-state index is 11.8. The molecule has 5 nitrogen and oxygen atoms in total. The fourth-order valence-electron chi connectivity index (χ4n) is 1.27. The average Bonchev–Trinajstić information content (AvgIpc) is 2.26. The topological polar surface area (TPSA) is 75.6 Å². The Morgan fingerprint density at radius 3 is 2.33 bits per heavy atom. The number of aliphatic carboxylic acids is 1. The smallest absolute Gasteiger partial charge is 0.328 e. The highest BCUT2D eigenvalue weighted by atomic mass is 35.5. The van der Waals surface area contributed by atoms with Gasteiger partial charge >= 0.3 is 5.97 Å². The average molecular weight is 292 g/mol. The number of nitrogens with one attached hydrogen (secondary N) is 1. The van der Waals surface area contributed by atoms with Crippen LogP contribution in [0, 0.1) is 0 Å². The van der Waals surface area contributed by atoms with Gasteiger partial charge in [0.25, 0.3) is 5.91 Å². The zero-order chi connectivity index (χ0) is 13.7. The summed E-state index contributed by atoms with van der Waals surface area (Å²) >= 11 is 11.5. The molecule has 1 rings (SSSR count). The van der Waals surface area contributed by atoms with Crippen LogP contribution in [0.2, 0.25) is 10.0 Å². The van der Waals surface area contributed by atoms with E-state index in [1.54, 1.807) is 0 Å². The number of rotatable bonds is 5. The van der Waals surface area contributed by atoms with Crippen molar-refractivity contribution in [3.63, 3.8) is 0 Å². The summed E-state index contributed by atoms with van der Waals surface area (Å²) in [5.41, 5.74) is 0.190. The lowest BCUT2D eigenvalue weighted by Crippen LogP contribution is -2.43. The first kappa shape index (κ1) is 14.8. The van der Waals surface area contributed by atoms with Crippen LogP contribution >= 0.6 is 23.2 Å². The van der Waals surface area contributed by atoms with Crippen molar-refractivity contribution in [2.24, 2.45) is 0 Å². The Morgan fingerprint density at radius 1 is 1.33 bits per heavy atom. The number of halogens is 2. The molecule has 0 heterocycles. The molecule has 1 unspecified atom stereocenters. The molecular formula is C11H11Cl2NO4. The first-order valence-electron chi connectivity index (χ1n) is 4.92. The molecule has 1 aromatic rings. The van der Waals surface area contributed by atoms with E-state index >= 15 is 0 Å². The molecule has 0 bridgehead atoms. The number of carbonyl (C=O) groups is 2. The summed E-state index contributed by atoms with van der Waals surface area (Å²) in [6, 6.07) is 3.15. The lowest BCUT2D eigenvalue weighted by molar-refractivity contribution is -0.140. The van der Waals surface area contributed by atoms with E-state index in [1.807, 2.05) is 0 Å². The molecule has 98 valence electrons. The third-order valence-electron chi connectivity index (χ3n) is 2.06. The molecular weight excluding hydrogens is 281 g/mol. The van der Waals surface area contributed by atoms with Gasteiger partial charge in [0.1, 0.15) is 0 Å². The Morgan fingerprint density at radius 2 is 1.89 bits per heavy atom. The number of hydrogen-bond donors (Lipinski definition) is 2. The Hall–Kier alpha value is -1.30. The molecule has 0 saturated carbocycles. The van der Waals surface area contributed by atoms with E-state index in [2.05, 4.69) is 5.32 Å². The molecule has 0 radical (unpaired) electrons. The minimum Gasteiger partial charge on any atom is -0.480 e. The minimum absolute atomic E-state index is 0.130. The fourth-order valence-corrected chi connectivity index (χ4v) is 1.79. The van der Waals surface area contributed by atoms with Crippen molar-refractivity contribution >= 4 is 35.1 Å². The van der Waals surface area contributed by atoms with Crippen LogP contribution in [0.3, 0.4) is 0 Å². The van der Waals surface area contributed by atoms with Crippen LogP contribution in [-0.2, 0) is 9.53 Å². The van der Waals surface area contributed by atoms with Gasteiger partial charge in [-0.15, -0.1) is 0 Å². The summed E-state index contributed by atoms with van der Waals surface area (Å²) in [5.74, 6) is -1.76. The molecule has 0 aliphatic carbocycles. The van der Waals surface area contributed by atoms with E-state index in [9.17, 15) is 9.59 Å². The molecule has 0 spiro atoms. The van der Waals surface area contributed by atoms with Gasteiger partial charge in [-0.1, -0.05) is 23.2 Å². The predicted octanol–water partition coefficient (Wildman–Crippen LogP) is 1.82. The lowest BCUT2D eigenvalue weighted by Gasteiger charge is -2.13. The van der Waals surface area contributed by atoms with Gasteiger partial charge in [-0.05, 0) is 18.2 Å². The molecule has 0 aromatic heterocycles. The van der Waals surface area contributed by atoms with E-state index in [1.165, 1.54) is 25.3 Å².